The number of hydrogen-bond acceptors (Lipinski definition) is 12. The van der Waals surface area contributed by atoms with E-state index in [1.165, 1.54) is 23.1 Å². The predicted molar refractivity (Wildman–Crippen MR) is 133 cm³/mol. The molecule has 12 nitrogen and oxygen atoms in total. The van der Waals surface area contributed by atoms with Gasteiger partial charge < -0.3 is 9.97 Å². The van der Waals surface area contributed by atoms with Crippen molar-refractivity contribution in [3.05, 3.63) is 87.9 Å². The van der Waals surface area contributed by atoms with E-state index < -0.39 is 11.6 Å². The number of hydrazine groups is 2. The topological polar surface area (TPSA) is 134 Å². The lowest BCUT2D eigenvalue weighted by atomic mass is 9.85. The zero-order chi connectivity index (χ0) is 23.2. The molecule has 7 rings (SSSR count). The number of imidazole rings is 1. The summed E-state index contributed by atoms with van der Waals surface area (Å²) in [5, 5.41) is 24.9. The molecule has 35 heavy (non-hydrogen) atoms. The molecule has 6 aromatic heterocycles. The molecule has 0 saturated carbocycles. The molecule has 1 aliphatic heterocycles. The van der Waals surface area contributed by atoms with Gasteiger partial charge in [0.1, 0.15) is 22.7 Å². The number of aromatic nitrogens is 9. The van der Waals surface area contributed by atoms with Crippen LogP contribution in [0.15, 0.2) is 71.4 Å². The zero-order valence-corrected chi connectivity index (χ0v) is 20.2. The second-order valence-corrected chi connectivity index (χ2v) is 9.74. The van der Waals surface area contributed by atoms with E-state index in [0.29, 0.717) is 5.82 Å². The second kappa shape index (κ2) is 8.00. The Labute approximate surface area is 210 Å². The highest BCUT2D eigenvalue weighted by Crippen LogP contribution is 2.57. The first kappa shape index (κ1) is 20.3. The Morgan fingerprint density at radius 3 is 2.60 bits per heavy atom. The van der Waals surface area contributed by atoms with Gasteiger partial charge in [-0.1, -0.05) is 4.49 Å². The maximum Gasteiger partial charge on any atom is 0.204 e. The fourth-order valence-electron chi connectivity index (χ4n) is 4.61. The molecule has 0 aliphatic carbocycles. The molecular weight excluding hydrogens is 505 g/mol. The number of aromatic amines is 3. The van der Waals surface area contributed by atoms with Gasteiger partial charge in [0.15, 0.2) is 11.4 Å². The Morgan fingerprint density at radius 1 is 0.943 bits per heavy atom. The van der Waals surface area contributed by atoms with Crippen LogP contribution in [0.1, 0.15) is 22.6 Å². The van der Waals surface area contributed by atoms with Crippen LogP contribution in [0.4, 0.5) is 17.5 Å². The fraction of sp³-hybridized carbons (Fsp3) is 0.100. The number of thiazole rings is 1. The largest absolute Gasteiger partial charge is 0.347 e. The van der Waals surface area contributed by atoms with Crippen molar-refractivity contribution in [2.45, 2.75) is 11.6 Å². The van der Waals surface area contributed by atoms with Crippen LogP contribution in [0.2, 0.25) is 0 Å². The van der Waals surface area contributed by atoms with Crippen molar-refractivity contribution in [1.82, 2.24) is 44.1 Å². The third-order valence-corrected chi connectivity index (χ3v) is 7.78. The lowest BCUT2D eigenvalue weighted by molar-refractivity contribution is 0.437. The maximum atomic E-state index is 4.84. The summed E-state index contributed by atoms with van der Waals surface area (Å²) in [6.07, 6.45) is 9.01. The molecule has 0 amide bonds. The summed E-state index contributed by atoms with van der Waals surface area (Å²) in [5.74, 6) is 2.92. The molecule has 6 aromatic rings. The van der Waals surface area contributed by atoms with E-state index in [4.69, 9.17) is 14.3 Å². The van der Waals surface area contributed by atoms with Gasteiger partial charge in [0.2, 0.25) is 5.82 Å². The van der Waals surface area contributed by atoms with Crippen LogP contribution in [-0.4, -0.2) is 44.1 Å². The summed E-state index contributed by atoms with van der Waals surface area (Å²) in [6, 6.07) is 7.47. The lowest BCUT2D eigenvalue weighted by Crippen LogP contribution is -2.52. The fourth-order valence-corrected chi connectivity index (χ4v) is 6.37. The Morgan fingerprint density at radius 2 is 1.94 bits per heavy atom. The quantitative estimate of drug-likeness (QED) is 0.301. The van der Waals surface area contributed by atoms with Gasteiger partial charge in [-0.05, 0) is 47.3 Å². The van der Waals surface area contributed by atoms with E-state index in [0.717, 1.165) is 28.2 Å². The summed E-state index contributed by atoms with van der Waals surface area (Å²) in [4.78, 5) is 16.3. The van der Waals surface area contributed by atoms with Gasteiger partial charge in [-0.15, -0.1) is 16.4 Å². The number of rotatable bonds is 6. The van der Waals surface area contributed by atoms with E-state index in [9.17, 15) is 0 Å². The van der Waals surface area contributed by atoms with Crippen LogP contribution in [0.5, 0.6) is 0 Å². The van der Waals surface area contributed by atoms with Crippen LogP contribution >= 0.6 is 34.4 Å². The Kier molecular flexibility index (Phi) is 4.64. The Balaban J connectivity index is 1.63. The lowest BCUT2D eigenvalue weighted by Gasteiger charge is -2.38. The average Bonchev–Trinajstić information content (AvgIpc) is 3.71. The Bertz CT molecular complexity index is 1340. The molecule has 0 bridgehead atoms. The first-order chi connectivity index (χ1) is 17.4. The third-order valence-electron chi connectivity index (χ3n) is 5.84. The predicted octanol–water partition coefficient (Wildman–Crippen LogP) is 3.57. The van der Waals surface area contributed by atoms with Crippen molar-refractivity contribution >= 4 is 51.9 Å². The van der Waals surface area contributed by atoms with Gasteiger partial charge >= 0.3 is 0 Å². The average molecular weight is 521 g/mol. The zero-order valence-electron chi connectivity index (χ0n) is 17.8. The molecule has 1 aliphatic rings. The molecule has 0 radical (unpaired) electrons. The van der Waals surface area contributed by atoms with Crippen molar-refractivity contribution in [2.24, 2.45) is 0 Å². The summed E-state index contributed by atoms with van der Waals surface area (Å²) in [7, 11) is 0. The van der Waals surface area contributed by atoms with E-state index >= 15 is 0 Å². The van der Waals surface area contributed by atoms with Crippen molar-refractivity contribution in [2.75, 3.05) is 15.1 Å². The summed E-state index contributed by atoms with van der Waals surface area (Å²) in [5.41, 5.74) is -0.130. The number of hydrogen-bond donors (Lipinski definition) is 3. The molecule has 0 aromatic carbocycles. The van der Waals surface area contributed by atoms with Crippen LogP contribution in [0.25, 0.3) is 0 Å². The minimum atomic E-state index is -0.953. The maximum absolute atomic E-state index is 4.84. The molecule has 3 N–H and O–H groups in total. The van der Waals surface area contributed by atoms with Gasteiger partial charge in [0, 0.05) is 41.7 Å². The van der Waals surface area contributed by atoms with Crippen LogP contribution in [0, 0.1) is 0 Å². The van der Waals surface area contributed by atoms with E-state index in [1.54, 1.807) is 23.7 Å². The molecule has 1 fully saturated rings. The highest BCUT2D eigenvalue weighted by molar-refractivity contribution is 7.09. The smallest absolute Gasteiger partial charge is 0.204 e. The molecule has 174 valence electrons. The van der Waals surface area contributed by atoms with Crippen molar-refractivity contribution in [1.29, 1.82) is 0 Å². The Hall–Kier alpha value is -4.08. The van der Waals surface area contributed by atoms with E-state index in [-0.39, 0.29) is 0 Å². The normalized spacial score (nSPS) is 20.2. The molecule has 2 unspecified atom stereocenters. The van der Waals surface area contributed by atoms with E-state index in [1.807, 2.05) is 64.1 Å². The van der Waals surface area contributed by atoms with Crippen LogP contribution in [-0.2, 0) is 5.54 Å². The highest BCUT2D eigenvalue weighted by Gasteiger charge is 2.65. The van der Waals surface area contributed by atoms with Gasteiger partial charge in [-0.2, -0.15) is 14.6 Å². The van der Waals surface area contributed by atoms with Crippen LogP contribution in [0.3, 0.4) is 0 Å². The SMILES string of the molecule is c1c[nH]c(N2C(c3ncc[nH]3)C(c3ccn[nH]3)(c3nccs3)N(c3ccsn3)N2c2csnn2)c1. The number of H-pyrrole nitrogens is 3. The first-order valence-electron chi connectivity index (χ1n) is 10.5. The summed E-state index contributed by atoms with van der Waals surface area (Å²) in [6.45, 7) is 0. The second-order valence-electron chi connectivity index (χ2n) is 7.57. The molecule has 15 heteroatoms. The van der Waals surface area contributed by atoms with Gasteiger partial charge in [-0.3, -0.25) is 5.10 Å². The monoisotopic (exact) mass is 520 g/mol. The molecule has 7 heterocycles. The van der Waals surface area contributed by atoms with Crippen molar-refractivity contribution in [3.8, 4) is 0 Å². The number of anilines is 3. The van der Waals surface area contributed by atoms with Crippen molar-refractivity contribution < 1.29 is 0 Å². The number of nitrogens with zero attached hydrogens (tertiary/aromatic N) is 9. The van der Waals surface area contributed by atoms with Crippen molar-refractivity contribution in [3.63, 3.8) is 0 Å². The van der Waals surface area contributed by atoms with Crippen LogP contribution < -0.4 is 15.1 Å². The van der Waals surface area contributed by atoms with Gasteiger partial charge in [-0.25, -0.2) is 20.0 Å². The molecule has 1 saturated heterocycles. The standard InChI is InChI=1S/C20H16N12S3/c1-2-14(21-5-1)30-17(18-22-7-8-23-18)20(13-3-6-25-26-13,19-24-9-11-33-19)31(15-4-10-34-28-15)32(30)16-12-35-29-27-16/h1-12,17,21H,(H,22,23)(H,25,26). The van der Waals surface area contributed by atoms with Gasteiger partial charge in [0.05, 0.1) is 11.1 Å². The molecule has 0 spiro atoms. The molecule has 2 atom stereocenters. The number of nitrogens with one attached hydrogen (secondary N) is 3. The van der Waals surface area contributed by atoms with E-state index in [2.05, 4.69) is 39.8 Å². The third kappa shape index (κ3) is 2.88. The summed E-state index contributed by atoms with van der Waals surface area (Å²) >= 11 is 4.21. The minimum absolute atomic E-state index is 0.439. The highest BCUT2D eigenvalue weighted by atomic mass is 32.1. The van der Waals surface area contributed by atoms with Gasteiger partial charge in [0.25, 0.3) is 0 Å². The minimum Gasteiger partial charge on any atom is -0.347 e. The summed E-state index contributed by atoms with van der Waals surface area (Å²) < 4.78 is 8.93. The first-order valence-corrected chi connectivity index (χ1v) is 13.0. The molecular formula is C20H16N12S3.